The molecule has 0 bridgehead atoms. The fraction of sp³-hybridized carbons (Fsp3) is 0.0667. The van der Waals surface area contributed by atoms with Crippen LogP contribution in [0.3, 0.4) is 0 Å². The molecular formula is C15H13N3O5S. The summed E-state index contributed by atoms with van der Waals surface area (Å²) >= 11 is 4.99. The van der Waals surface area contributed by atoms with E-state index in [1.165, 1.54) is 13.2 Å². The van der Waals surface area contributed by atoms with Crippen LogP contribution in [-0.4, -0.2) is 28.2 Å². The minimum Gasteiger partial charge on any atom is -0.506 e. The number of hydrogen-bond donors (Lipinski definition) is 3. The Bertz CT molecular complexity index is 809. The predicted octanol–water partition coefficient (Wildman–Crippen LogP) is 2.44. The number of hydrogen-bond acceptors (Lipinski definition) is 6. The lowest BCUT2D eigenvalue weighted by atomic mass is 10.2. The van der Waals surface area contributed by atoms with E-state index in [1.54, 1.807) is 18.2 Å². The van der Waals surface area contributed by atoms with E-state index in [-0.39, 0.29) is 22.2 Å². The summed E-state index contributed by atoms with van der Waals surface area (Å²) in [5, 5.41) is 25.3. The number of thiocarbonyl (C=S) groups is 1. The average molecular weight is 347 g/mol. The highest BCUT2D eigenvalue weighted by atomic mass is 32.1. The monoisotopic (exact) mass is 347 g/mol. The second kappa shape index (κ2) is 7.38. The second-order valence-electron chi connectivity index (χ2n) is 4.60. The van der Waals surface area contributed by atoms with Crippen LogP contribution in [0.5, 0.6) is 11.5 Å². The Labute approximate surface area is 142 Å². The van der Waals surface area contributed by atoms with E-state index < -0.39 is 10.8 Å². The molecule has 0 fully saturated rings. The van der Waals surface area contributed by atoms with Gasteiger partial charge in [-0.2, -0.15) is 0 Å². The Hall–Kier alpha value is -3.20. The summed E-state index contributed by atoms with van der Waals surface area (Å²) in [7, 11) is 1.48. The Balaban J connectivity index is 2.09. The third kappa shape index (κ3) is 4.17. The molecular weight excluding hydrogens is 334 g/mol. The molecule has 1 amide bonds. The molecule has 0 saturated heterocycles. The van der Waals surface area contributed by atoms with Crippen LogP contribution in [0.15, 0.2) is 42.5 Å². The Morgan fingerprint density at radius 1 is 1.29 bits per heavy atom. The van der Waals surface area contributed by atoms with E-state index in [4.69, 9.17) is 17.0 Å². The number of nitro benzene ring substituents is 1. The molecule has 0 aliphatic rings. The fourth-order valence-corrected chi connectivity index (χ4v) is 2.03. The van der Waals surface area contributed by atoms with Crippen molar-refractivity contribution in [2.45, 2.75) is 0 Å². The van der Waals surface area contributed by atoms with Gasteiger partial charge in [0.2, 0.25) is 0 Å². The van der Waals surface area contributed by atoms with Gasteiger partial charge in [0, 0.05) is 17.7 Å². The number of non-ortho nitro benzene ring substituents is 1. The molecule has 0 aliphatic carbocycles. The van der Waals surface area contributed by atoms with Gasteiger partial charge in [-0.25, -0.2) is 0 Å². The first kappa shape index (κ1) is 17.2. The van der Waals surface area contributed by atoms with E-state index in [2.05, 4.69) is 10.6 Å². The lowest BCUT2D eigenvalue weighted by Gasteiger charge is -2.11. The van der Waals surface area contributed by atoms with Crippen molar-refractivity contribution in [3.8, 4) is 11.5 Å². The van der Waals surface area contributed by atoms with Gasteiger partial charge in [-0.05, 0) is 36.5 Å². The molecule has 9 heteroatoms. The van der Waals surface area contributed by atoms with E-state index in [0.717, 1.165) is 18.2 Å². The number of phenols is 1. The van der Waals surface area contributed by atoms with Gasteiger partial charge < -0.3 is 15.2 Å². The Morgan fingerprint density at radius 3 is 2.71 bits per heavy atom. The van der Waals surface area contributed by atoms with Gasteiger partial charge in [0.05, 0.1) is 17.7 Å². The topological polar surface area (TPSA) is 114 Å². The second-order valence-corrected chi connectivity index (χ2v) is 5.01. The zero-order valence-electron chi connectivity index (χ0n) is 12.5. The fourth-order valence-electron chi connectivity index (χ4n) is 1.83. The van der Waals surface area contributed by atoms with Crippen molar-refractivity contribution < 1.29 is 19.6 Å². The molecule has 2 rings (SSSR count). The molecule has 3 N–H and O–H groups in total. The molecule has 2 aromatic carbocycles. The maximum atomic E-state index is 12.1. The minimum atomic E-state index is -0.609. The summed E-state index contributed by atoms with van der Waals surface area (Å²) in [5.41, 5.74) is 0.110. The zero-order valence-corrected chi connectivity index (χ0v) is 13.3. The van der Waals surface area contributed by atoms with Gasteiger partial charge in [-0.15, -0.1) is 0 Å². The van der Waals surface area contributed by atoms with Crippen molar-refractivity contribution in [1.29, 1.82) is 0 Å². The molecule has 0 radical (unpaired) electrons. The van der Waals surface area contributed by atoms with Crippen LogP contribution in [-0.2, 0) is 0 Å². The third-order valence-corrected chi connectivity index (χ3v) is 3.20. The van der Waals surface area contributed by atoms with Gasteiger partial charge in [-0.1, -0.05) is 6.07 Å². The van der Waals surface area contributed by atoms with E-state index >= 15 is 0 Å². The largest absolute Gasteiger partial charge is 0.506 e. The van der Waals surface area contributed by atoms with Gasteiger partial charge in [0.25, 0.3) is 11.6 Å². The smallest absolute Gasteiger partial charge is 0.271 e. The summed E-state index contributed by atoms with van der Waals surface area (Å²) in [6.45, 7) is 0. The number of phenolic OH excluding ortho intramolecular Hbond substituents is 1. The van der Waals surface area contributed by atoms with Crippen molar-refractivity contribution in [2.24, 2.45) is 0 Å². The molecule has 0 heterocycles. The number of benzene rings is 2. The average Bonchev–Trinajstić information content (AvgIpc) is 2.56. The number of anilines is 1. The number of nitrogens with one attached hydrogen (secondary N) is 2. The first-order valence-electron chi connectivity index (χ1n) is 6.64. The van der Waals surface area contributed by atoms with Crippen molar-refractivity contribution in [1.82, 2.24) is 5.32 Å². The van der Waals surface area contributed by atoms with Crippen molar-refractivity contribution in [3.05, 3.63) is 58.1 Å². The highest BCUT2D eigenvalue weighted by molar-refractivity contribution is 7.80. The van der Waals surface area contributed by atoms with E-state index in [1.807, 2.05) is 0 Å². The van der Waals surface area contributed by atoms with Crippen LogP contribution in [0.1, 0.15) is 10.4 Å². The standard InChI is InChI=1S/C15H13N3O5S/c1-23-11-4-2-3-9(7-11)14(20)17-15(24)16-12-8-10(18(21)22)5-6-13(12)19/h2-8,19H,1H3,(H2,16,17,20,24). The molecule has 0 aromatic heterocycles. The highest BCUT2D eigenvalue weighted by Gasteiger charge is 2.13. The molecule has 24 heavy (non-hydrogen) atoms. The summed E-state index contributed by atoms with van der Waals surface area (Å²) in [6, 6.07) is 9.86. The van der Waals surface area contributed by atoms with Gasteiger partial charge in [0.1, 0.15) is 11.5 Å². The van der Waals surface area contributed by atoms with Gasteiger partial charge in [0.15, 0.2) is 5.11 Å². The molecule has 0 spiro atoms. The van der Waals surface area contributed by atoms with E-state index in [9.17, 15) is 20.0 Å². The van der Waals surface area contributed by atoms with Gasteiger partial charge in [-0.3, -0.25) is 20.2 Å². The number of ether oxygens (including phenoxy) is 1. The highest BCUT2D eigenvalue weighted by Crippen LogP contribution is 2.27. The van der Waals surface area contributed by atoms with Crippen molar-refractivity contribution >= 4 is 34.6 Å². The third-order valence-electron chi connectivity index (χ3n) is 3.00. The molecule has 124 valence electrons. The number of nitro groups is 1. The normalized spacial score (nSPS) is 9.88. The first-order chi connectivity index (χ1) is 11.4. The molecule has 2 aromatic rings. The number of rotatable bonds is 4. The summed E-state index contributed by atoms with van der Waals surface area (Å²) in [6.07, 6.45) is 0. The molecule has 0 aliphatic heterocycles. The molecule has 0 atom stereocenters. The maximum Gasteiger partial charge on any atom is 0.271 e. The SMILES string of the molecule is COc1cccc(C(=O)NC(=S)Nc2cc([N+](=O)[O-])ccc2O)c1. The van der Waals surface area contributed by atoms with Crippen molar-refractivity contribution in [3.63, 3.8) is 0 Å². The van der Waals surface area contributed by atoms with Crippen LogP contribution in [0, 0.1) is 10.1 Å². The molecule has 8 nitrogen and oxygen atoms in total. The van der Waals surface area contributed by atoms with Crippen molar-refractivity contribution in [2.75, 3.05) is 12.4 Å². The first-order valence-corrected chi connectivity index (χ1v) is 7.05. The summed E-state index contributed by atoms with van der Waals surface area (Å²) < 4.78 is 5.03. The lowest BCUT2D eigenvalue weighted by molar-refractivity contribution is -0.384. The molecule has 0 saturated carbocycles. The lowest BCUT2D eigenvalue weighted by Crippen LogP contribution is -2.34. The van der Waals surface area contributed by atoms with Crippen LogP contribution in [0.25, 0.3) is 0 Å². The number of carbonyl (C=O) groups excluding carboxylic acids is 1. The van der Waals surface area contributed by atoms with Crippen LogP contribution in [0.2, 0.25) is 0 Å². The number of amides is 1. The Kier molecular flexibility index (Phi) is 5.27. The Morgan fingerprint density at radius 2 is 2.04 bits per heavy atom. The maximum absolute atomic E-state index is 12.1. The number of aromatic hydroxyl groups is 1. The van der Waals surface area contributed by atoms with E-state index in [0.29, 0.717) is 11.3 Å². The van der Waals surface area contributed by atoms with Crippen LogP contribution < -0.4 is 15.4 Å². The number of carbonyl (C=O) groups is 1. The van der Waals surface area contributed by atoms with Crippen LogP contribution >= 0.6 is 12.2 Å². The molecule has 0 unspecified atom stereocenters. The minimum absolute atomic E-state index is 0.0140. The zero-order chi connectivity index (χ0) is 17.7. The predicted molar refractivity (Wildman–Crippen MR) is 91.4 cm³/mol. The number of methoxy groups -OCH3 is 1. The summed E-state index contributed by atoms with van der Waals surface area (Å²) in [4.78, 5) is 22.3. The van der Waals surface area contributed by atoms with Gasteiger partial charge >= 0.3 is 0 Å². The number of nitrogens with zero attached hydrogens (tertiary/aromatic N) is 1. The quantitative estimate of drug-likeness (QED) is 0.337. The summed E-state index contributed by atoms with van der Waals surface area (Å²) in [5.74, 6) is -0.215. The van der Waals surface area contributed by atoms with Crippen LogP contribution in [0.4, 0.5) is 11.4 Å².